The van der Waals surface area contributed by atoms with Gasteiger partial charge in [-0.1, -0.05) is 53.5 Å². The first-order valence-corrected chi connectivity index (χ1v) is 11.1. The van der Waals surface area contributed by atoms with E-state index in [9.17, 15) is 5.11 Å². The van der Waals surface area contributed by atoms with Crippen molar-refractivity contribution in [2.24, 2.45) is 7.05 Å². The second kappa shape index (κ2) is 8.27. The number of pyridine rings is 1. The van der Waals surface area contributed by atoms with Gasteiger partial charge in [0, 0.05) is 28.2 Å². The van der Waals surface area contributed by atoms with E-state index < -0.39 is 5.60 Å². The van der Waals surface area contributed by atoms with Gasteiger partial charge in [0.05, 0.1) is 5.52 Å². The molecular formula is C26H20Cl2N4O. The second-order valence-electron chi connectivity index (χ2n) is 8.04. The van der Waals surface area contributed by atoms with Crippen molar-refractivity contribution in [1.82, 2.24) is 19.7 Å². The van der Waals surface area contributed by atoms with Crippen LogP contribution in [0.25, 0.3) is 22.0 Å². The minimum atomic E-state index is -1.56. The lowest BCUT2D eigenvalue weighted by Crippen LogP contribution is -2.32. The van der Waals surface area contributed by atoms with E-state index in [1.165, 1.54) is 0 Å². The van der Waals surface area contributed by atoms with Gasteiger partial charge in [0.2, 0.25) is 0 Å². The van der Waals surface area contributed by atoms with Crippen LogP contribution < -0.4 is 0 Å². The first kappa shape index (κ1) is 21.6. The minimum Gasteiger partial charge on any atom is -0.373 e. The first-order valence-electron chi connectivity index (χ1n) is 10.4. The van der Waals surface area contributed by atoms with E-state index in [0.717, 1.165) is 27.7 Å². The predicted octanol–water partition coefficient (Wildman–Crippen LogP) is 5.93. The van der Waals surface area contributed by atoms with Crippen molar-refractivity contribution in [3.8, 4) is 11.1 Å². The van der Waals surface area contributed by atoms with Gasteiger partial charge in [-0.15, -0.1) is 10.2 Å². The molecule has 5 rings (SSSR count). The van der Waals surface area contributed by atoms with Gasteiger partial charge < -0.3 is 9.67 Å². The Morgan fingerprint density at radius 3 is 2.33 bits per heavy atom. The predicted molar refractivity (Wildman–Crippen MR) is 131 cm³/mol. The average Bonchev–Trinajstić information content (AvgIpc) is 3.24. The summed E-state index contributed by atoms with van der Waals surface area (Å²) in [6, 6.07) is 22.6. The molecule has 0 radical (unpaired) electrons. The van der Waals surface area contributed by atoms with E-state index in [1.54, 1.807) is 42.2 Å². The molecule has 3 aromatic carbocycles. The molecule has 0 amide bonds. The minimum absolute atomic E-state index is 0.397. The molecule has 2 aromatic heterocycles. The van der Waals surface area contributed by atoms with Gasteiger partial charge in [0.25, 0.3) is 0 Å². The topological polar surface area (TPSA) is 63.8 Å². The van der Waals surface area contributed by atoms with E-state index in [2.05, 4.69) is 10.2 Å². The summed E-state index contributed by atoms with van der Waals surface area (Å²) in [5.74, 6) is 0.397. The molecule has 0 fully saturated rings. The summed E-state index contributed by atoms with van der Waals surface area (Å²) in [5, 5.41) is 22.6. The summed E-state index contributed by atoms with van der Waals surface area (Å²) in [6.07, 6.45) is 1.57. The molecule has 1 atom stereocenters. The maximum absolute atomic E-state index is 12.2. The van der Waals surface area contributed by atoms with Crippen LogP contribution in [0.1, 0.15) is 22.6 Å². The van der Waals surface area contributed by atoms with Crippen molar-refractivity contribution in [3.63, 3.8) is 0 Å². The van der Waals surface area contributed by atoms with Gasteiger partial charge in [-0.05, 0) is 71.6 Å². The summed E-state index contributed by atoms with van der Waals surface area (Å²) < 4.78 is 1.71. The molecular weight excluding hydrogens is 455 g/mol. The molecule has 0 aliphatic carbocycles. The zero-order chi connectivity index (χ0) is 23.2. The summed E-state index contributed by atoms with van der Waals surface area (Å²) in [6.45, 7) is 1.96. The average molecular weight is 475 g/mol. The van der Waals surface area contributed by atoms with Gasteiger partial charge >= 0.3 is 0 Å². The molecule has 0 saturated carbocycles. The number of hydrogen-bond acceptors (Lipinski definition) is 4. The van der Waals surface area contributed by atoms with Crippen LogP contribution in [0.15, 0.2) is 79.1 Å². The Hall–Kier alpha value is -3.25. The van der Waals surface area contributed by atoms with Crippen molar-refractivity contribution in [2.45, 2.75) is 12.5 Å². The quantitative estimate of drug-likeness (QED) is 0.350. The Balaban J connectivity index is 1.80. The van der Waals surface area contributed by atoms with Crippen LogP contribution in [-0.4, -0.2) is 24.9 Å². The van der Waals surface area contributed by atoms with E-state index in [1.807, 2.05) is 55.5 Å². The van der Waals surface area contributed by atoms with Gasteiger partial charge in [-0.3, -0.25) is 4.98 Å². The molecule has 0 spiro atoms. The van der Waals surface area contributed by atoms with Crippen LogP contribution in [0.3, 0.4) is 0 Å². The summed E-state index contributed by atoms with van der Waals surface area (Å²) in [7, 11) is 1.81. The Bertz CT molecular complexity index is 1480. The number of aliphatic hydroxyl groups is 1. The fourth-order valence-corrected chi connectivity index (χ4v) is 4.52. The highest BCUT2D eigenvalue weighted by Crippen LogP contribution is 2.39. The monoisotopic (exact) mass is 474 g/mol. The van der Waals surface area contributed by atoms with Crippen molar-refractivity contribution >= 4 is 34.1 Å². The Kier molecular flexibility index (Phi) is 5.41. The normalized spacial score (nSPS) is 13.2. The van der Waals surface area contributed by atoms with Crippen LogP contribution in [-0.2, 0) is 12.6 Å². The maximum atomic E-state index is 12.2. The van der Waals surface area contributed by atoms with E-state index in [0.29, 0.717) is 27.0 Å². The maximum Gasteiger partial charge on any atom is 0.175 e. The third-order valence-electron chi connectivity index (χ3n) is 5.79. The largest absolute Gasteiger partial charge is 0.373 e. The Labute approximate surface area is 201 Å². The molecule has 0 saturated heterocycles. The van der Waals surface area contributed by atoms with Crippen molar-refractivity contribution in [2.75, 3.05) is 0 Å². The molecule has 1 N–H and O–H groups in total. The van der Waals surface area contributed by atoms with Gasteiger partial charge in [-0.25, -0.2) is 0 Å². The highest BCUT2D eigenvalue weighted by atomic mass is 35.5. The molecule has 0 bridgehead atoms. The van der Waals surface area contributed by atoms with Crippen LogP contribution in [0.4, 0.5) is 0 Å². The lowest BCUT2D eigenvalue weighted by atomic mass is 9.84. The van der Waals surface area contributed by atoms with Gasteiger partial charge in [-0.2, -0.15) is 0 Å². The molecule has 0 aliphatic heterocycles. The molecule has 5 aromatic rings. The number of aromatic nitrogens is 4. The third-order valence-corrected chi connectivity index (χ3v) is 6.27. The number of rotatable bonds is 4. The molecule has 1 unspecified atom stereocenters. The zero-order valence-corrected chi connectivity index (χ0v) is 19.5. The van der Waals surface area contributed by atoms with Crippen LogP contribution in [0, 0.1) is 6.92 Å². The zero-order valence-electron chi connectivity index (χ0n) is 18.0. The van der Waals surface area contributed by atoms with Crippen LogP contribution in [0.2, 0.25) is 10.0 Å². The number of fused-ring (bicyclic) bond motifs is 1. The van der Waals surface area contributed by atoms with Crippen LogP contribution >= 0.6 is 23.2 Å². The molecule has 0 aliphatic rings. The lowest BCUT2D eigenvalue weighted by Gasteiger charge is -2.28. The van der Waals surface area contributed by atoms with Crippen molar-refractivity contribution < 1.29 is 5.11 Å². The van der Waals surface area contributed by atoms with Crippen molar-refractivity contribution in [3.05, 3.63) is 112 Å². The fourth-order valence-electron chi connectivity index (χ4n) is 4.20. The smallest absolute Gasteiger partial charge is 0.175 e. The molecule has 7 heteroatoms. The number of benzene rings is 3. The van der Waals surface area contributed by atoms with Gasteiger partial charge in [0.15, 0.2) is 11.4 Å². The molecule has 164 valence electrons. The van der Waals surface area contributed by atoms with Gasteiger partial charge in [0.1, 0.15) is 6.33 Å². The molecule has 33 heavy (non-hydrogen) atoms. The summed E-state index contributed by atoms with van der Waals surface area (Å²) >= 11 is 12.4. The fraction of sp³-hybridized carbons (Fsp3) is 0.115. The van der Waals surface area contributed by atoms with Crippen molar-refractivity contribution in [1.29, 1.82) is 0 Å². The number of nitrogens with zero attached hydrogens (tertiary/aromatic N) is 4. The Morgan fingerprint density at radius 2 is 1.64 bits per heavy atom. The van der Waals surface area contributed by atoms with E-state index >= 15 is 0 Å². The highest BCUT2D eigenvalue weighted by Gasteiger charge is 2.38. The number of halogens is 2. The second-order valence-corrected chi connectivity index (χ2v) is 8.91. The lowest BCUT2D eigenvalue weighted by molar-refractivity contribution is 0.112. The van der Waals surface area contributed by atoms with E-state index in [-0.39, 0.29) is 0 Å². The van der Waals surface area contributed by atoms with E-state index in [4.69, 9.17) is 28.2 Å². The number of aryl methyl sites for hydroxylation is 2. The standard InChI is InChI=1S/C26H20Cl2N4O/c1-16-12-22(17-4-3-5-21(28)13-17)23-14-19(8-11-24(23)30-16)26(33,25-31-29-15-32(25)2)18-6-9-20(27)10-7-18/h3-15,33H,1-2H3. The third kappa shape index (κ3) is 3.78. The van der Waals surface area contributed by atoms with Crippen LogP contribution in [0.5, 0.6) is 0 Å². The summed E-state index contributed by atoms with van der Waals surface area (Å²) in [4.78, 5) is 4.71. The Morgan fingerprint density at radius 1 is 0.879 bits per heavy atom. The summed E-state index contributed by atoms with van der Waals surface area (Å²) in [5.41, 5.74) is 3.40. The molecule has 5 nitrogen and oxygen atoms in total. The SMILES string of the molecule is Cc1cc(-c2cccc(Cl)c2)c2cc(C(O)(c3ccc(Cl)cc3)c3nncn3C)ccc2n1. The highest BCUT2D eigenvalue weighted by molar-refractivity contribution is 6.31. The molecule has 2 heterocycles. The first-order chi connectivity index (χ1) is 15.9. The number of hydrogen-bond donors (Lipinski definition) is 1.